The van der Waals surface area contributed by atoms with E-state index in [4.69, 9.17) is 5.73 Å². The van der Waals surface area contributed by atoms with Gasteiger partial charge in [-0.2, -0.15) is 27.1 Å². The van der Waals surface area contributed by atoms with Crippen LogP contribution in [0.3, 0.4) is 0 Å². The van der Waals surface area contributed by atoms with Gasteiger partial charge < -0.3 is 10.8 Å². The van der Waals surface area contributed by atoms with Crippen LogP contribution in [0.5, 0.6) is 5.75 Å². The number of hydrogen-bond donors (Lipinski definition) is 4. The van der Waals surface area contributed by atoms with Crippen LogP contribution in [-0.2, 0) is 20.2 Å². The van der Waals surface area contributed by atoms with E-state index in [1.165, 1.54) is 30.3 Å². The minimum atomic E-state index is -5.07. The molecule has 0 bridgehead atoms. The van der Waals surface area contributed by atoms with Gasteiger partial charge in [-0.05, 0) is 35.7 Å². The number of azo groups is 2. The SMILES string of the molecule is Nc1c(N=Nc2cccc([N+](=O)[O-])c2)c(S(=O)(=O)O)cc2cc(S(=O)(=O)O)c(N=Nc3ccccc3)c(O)c12.[Na].[Na]. The first-order valence-corrected chi connectivity index (χ1v) is 13.4. The monoisotopic (exact) mass is 618 g/mol. The standard InChI is InChI=1S/C22H16N6O9S2.2Na/c23-19-18-12(10-17(39(35,36)37)21(22(18)29)27-24-13-5-2-1-3-6-13)9-16(38(32,33)34)20(19)26-25-14-7-4-8-15(11-14)28(30)31;;/h1-11,29H,23H2,(H,32,33,34)(H,35,36,37);;. The Kier molecular flexibility index (Phi) is 11.3. The predicted molar refractivity (Wildman–Crippen MR) is 149 cm³/mol. The second-order valence-electron chi connectivity index (χ2n) is 7.77. The smallest absolute Gasteiger partial charge is 0.296 e. The van der Waals surface area contributed by atoms with Crippen molar-refractivity contribution in [3.63, 3.8) is 0 Å². The second-order valence-corrected chi connectivity index (χ2v) is 10.5. The number of nitro benzene ring substituents is 1. The van der Waals surface area contributed by atoms with Crippen molar-refractivity contribution in [3.8, 4) is 5.75 Å². The molecular formula is C22H16N6Na2O9S2. The number of nitro groups is 1. The Morgan fingerprint density at radius 1 is 0.732 bits per heavy atom. The molecular weight excluding hydrogens is 602 g/mol. The van der Waals surface area contributed by atoms with Crippen molar-refractivity contribution in [2.75, 3.05) is 5.73 Å². The third-order valence-corrected chi connectivity index (χ3v) is 6.93. The molecule has 15 nitrogen and oxygen atoms in total. The Hall–Kier alpha value is -2.84. The Bertz CT molecular complexity index is 1920. The van der Waals surface area contributed by atoms with Crippen molar-refractivity contribution in [2.45, 2.75) is 9.79 Å². The number of aromatic hydroxyl groups is 1. The normalized spacial score (nSPS) is 11.9. The quantitative estimate of drug-likeness (QED) is 0.0559. The number of hydrogen-bond acceptors (Lipinski definition) is 12. The summed E-state index contributed by atoms with van der Waals surface area (Å²) in [4.78, 5) is 8.47. The van der Waals surface area contributed by atoms with Crippen molar-refractivity contribution < 1.29 is 36.0 Å². The zero-order valence-corrected chi connectivity index (χ0v) is 26.9. The third kappa shape index (κ3) is 7.72. The van der Waals surface area contributed by atoms with Crippen molar-refractivity contribution in [1.29, 1.82) is 0 Å². The van der Waals surface area contributed by atoms with E-state index >= 15 is 0 Å². The molecule has 4 aromatic carbocycles. The van der Waals surface area contributed by atoms with Crippen LogP contribution in [0.25, 0.3) is 10.8 Å². The molecule has 4 aromatic rings. The predicted octanol–water partition coefficient (Wildman–Crippen LogP) is 4.60. The van der Waals surface area contributed by atoms with Gasteiger partial charge in [-0.25, -0.2) is 0 Å². The van der Waals surface area contributed by atoms with Crippen molar-refractivity contribution >= 4 is 124 Å². The van der Waals surface area contributed by atoms with Crippen molar-refractivity contribution in [2.24, 2.45) is 20.5 Å². The topological polar surface area (TPSA) is 248 Å². The van der Waals surface area contributed by atoms with Crippen LogP contribution in [0.4, 0.5) is 34.1 Å². The fraction of sp³-hybridized carbons (Fsp3) is 0. The van der Waals surface area contributed by atoms with E-state index in [1.54, 1.807) is 18.2 Å². The summed E-state index contributed by atoms with van der Waals surface area (Å²) in [7, 11) is -10.1. The first-order valence-electron chi connectivity index (χ1n) is 10.5. The molecule has 41 heavy (non-hydrogen) atoms. The van der Waals surface area contributed by atoms with Crippen LogP contribution in [0.2, 0.25) is 0 Å². The van der Waals surface area contributed by atoms with Gasteiger partial charge >= 0.3 is 0 Å². The maximum absolute atomic E-state index is 12.1. The van der Waals surface area contributed by atoms with Gasteiger partial charge in [0.1, 0.15) is 21.2 Å². The molecule has 4 rings (SSSR count). The summed E-state index contributed by atoms with van der Waals surface area (Å²) in [6, 6.07) is 14.3. The van der Waals surface area contributed by atoms with Gasteiger partial charge in [0.2, 0.25) is 0 Å². The van der Waals surface area contributed by atoms with Crippen LogP contribution >= 0.6 is 0 Å². The number of nitrogens with two attached hydrogens (primary N) is 1. The van der Waals surface area contributed by atoms with Gasteiger partial charge in [-0.3, -0.25) is 19.2 Å². The summed E-state index contributed by atoms with van der Waals surface area (Å²) in [6.45, 7) is 0. The van der Waals surface area contributed by atoms with E-state index in [0.717, 1.165) is 18.2 Å². The Labute approximate surface area is 276 Å². The first-order chi connectivity index (χ1) is 18.3. The fourth-order valence-electron chi connectivity index (χ4n) is 3.48. The Morgan fingerprint density at radius 2 is 1.24 bits per heavy atom. The van der Waals surface area contributed by atoms with Gasteiger partial charge in [0.05, 0.1) is 27.4 Å². The molecule has 0 aliphatic carbocycles. The molecule has 202 valence electrons. The van der Waals surface area contributed by atoms with Gasteiger partial charge in [-0.15, -0.1) is 10.2 Å². The maximum atomic E-state index is 12.1. The molecule has 5 N–H and O–H groups in total. The Balaban J connectivity index is 0.00000294. The largest absolute Gasteiger partial charge is 0.505 e. The summed E-state index contributed by atoms with van der Waals surface area (Å²) in [5.74, 6) is -0.911. The number of fused-ring (bicyclic) bond motifs is 1. The van der Waals surface area contributed by atoms with Crippen LogP contribution in [-0.4, -0.2) is 95.1 Å². The van der Waals surface area contributed by atoms with Crippen LogP contribution in [0.15, 0.2) is 97.0 Å². The summed E-state index contributed by atoms with van der Waals surface area (Å²) in [5.41, 5.74) is 4.00. The zero-order chi connectivity index (χ0) is 28.5. The number of benzene rings is 4. The number of rotatable bonds is 7. The number of non-ortho nitro benzene ring substituents is 1. The van der Waals surface area contributed by atoms with Crippen molar-refractivity contribution in [3.05, 3.63) is 76.8 Å². The zero-order valence-electron chi connectivity index (χ0n) is 21.3. The minimum Gasteiger partial charge on any atom is -0.505 e. The number of nitrogens with zero attached hydrogens (tertiary/aromatic N) is 5. The summed E-state index contributed by atoms with van der Waals surface area (Å²) < 4.78 is 68.0. The van der Waals surface area contributed by atoms with E-state index in [-0.39, 0.29) is 86.9 Å². The van der Waals surface area contributed by atoms with E-state index in [1.807, 2.05) is 0 Å². The fourth-order valence-corrected chi connectivity index (χ4v) is 4.81. The van der Waals surface area contributed by atoms with Crippen LogP contribution < -0.4 is 5.73 Å². The number of nitrogen functional groups attached to an aromatic ring is 1. The van der Waals surface area contributed by atoms with E-state index in [9.17, 15) is 41.2 Å². The number of anilines is 1. The maximum Gasteiger partial charge on any atom is 0.296 e. The van der Waals surface area contributed by atoms with Gasteiger partial charge in [0.25, 0.3) is 25.9 Å². The van der Waals surface area contributed by atoms with Gasteiger partial charge in [-0.1, -0.05) is 24.3 Å². The molecule has 0 aliphatic rings. The van der Waals surface area contributed by atoms with E-state index in [2.05, 4.69) is 20.5 Å². The number of phenolic OH excluding ortho intramolecular Hbond substituents is 1. The summed E-state index contributed by atoms with van der Waals surface area (Å²) >= 11 is 0. The molecule has 0 fully saturated rings. The molecule has 0 aromatic heterocycles. The summed E-state index contributed by atoms with van der Waals surface area (Å²) in [5, 5.41) is 36.4. The number of phenols is 1. The van der Waals surface area contributed by atoms with E-state index in [0.29, 0.717) is 0 Å². The van der Waals surface area contributed by atoms with Crippen LogP contribution in [0, 0.1) is 10.1 Å². The molecule has 2 radical (unpaired) electrons. The van der Waals surface area contributed by atoms with E-state index < -0.39 is 57.8 Å². The molecule has 0 unspecified atom stereocenters. The average molecular weight is 619 g/mol. The minimum absolute atomic E-state index is 0. The molecule has 0 heterocycles. The molecule has 19 heteroatoms. The molecule has 0 aliphatic heterocycles. The molecule has 0 atom stereocenters. The van der Waals surface area contributed by atoms with Gasteiger partial charge in [0, 0.05) is 71.2 Å². The summed E-state index contributed by atoms with van der Waals surface area (Å²) in [6.07, 6.45) is 0. The van der Waals surface area contributed by atoms with Crippen molar-refractivity contribution in [1.82, 2.24) is 0 Å². The van der Waals surface area contributed by atoms with Gasteiger partial charge in [0.15, 0.2) is 5.75 Å². The first kappa shape index (κ1) is 34.4. The van der Waals surface area contributed by atoms with Crippen LogP contribution in [0.1, 0.15) is 0 Å². The average Bonchev–Trinajstić information content (AvgIpc) is 2.86. The molecule has 0 amide bonds. The second kappa shape index (κ2) is 13.4. The third-order valence-electron chi connectivity index (χ3n) is 5.20. The molecule has 0 spiro atoms. The Morgan fingerprint density at radius 3 is 1.80 bits per heavy atom. The molecule has 0 saturated carbocycles. The molecule has 0 saturated heterocycles.